The molecule has 0 radical (unpaired) electrons. The van der Waals surface area contributed by atoms with Gasteiger partial charge in [0.25, 0.3) is 5.69 Å². The van der Waals surface area contributed by atoms with Gasteiger partial charge in [-0.15, -0.1) is 0 Å². The van der Waals surface area contributed by atoms with Crippen LogP contribution >= 0.6 is 0 Å². The molecule has 1 unspecified atom stereocenters. The summed E-state index contributed by atoms with van der Waals surface area (Å²) in [5.41, 5.74) is 4.18. The number of carbonyl (C=O) groups excluding carboxylic acids is 1. The lowest BCUT2D eigenvalue weighted by molar-refractivity contribution is -0.384. The summed E-state index contributed by atoms with van der Waals surface area (Å²) in [6, 6.07) is 14.3. The van der Waals surface area contributed by atoms with Crippen LogP contribution in [0.1, 0.15) is 29.8 Å². The van der Waals surface area contributed by atoms with Gasteiger partial charge in [-0.1, -0.05) is 18.2 Å². The molecular weight excluding hydrogens is 318 g/mol. The molecule has 0 aliphatic carbocycles. The summed E-state index contributed by atoms with van der Waals surface area (Å²) in [7, 11) is 0. The number of hydrogen-bond donors (Lipinski definition) is 1. The van der Waals surface area contributed by atoms with Crippen molar-refractivity contribution < 1.29 is 9.72 Å². The van der Waals surface area contributed by atoms with Gasteiger partial charge in [-0.25, -0.2) is 0 Å². The number of amides is 1. The first-order valence-electron chi connectivity index (χ1n) is 8.17. The highest BCUT2D eigenvalue weighted by Gasteiger charge is 2.33. The summed E-state index contributed by atoms with van der Waals surface area (Å²) in [5.74, 6) is -0.00680. The van der Waals surface area contributed by atoms with Crippen LogP contribution in [0.25, 0.3) is 10.9 Å². The Labute approximate surface area is 144 Å². The third kappa shape index (κ3) is 2.46. The Morgan fingerprint density at radius 3 is 2.60 bits per heavy atom. The van der Waals surface area contributed by atoms with Crippen LogP contribution in [0.2, 0.25) is 0 Å². The third-order valence-electron chi connectivity index (χ3n) is 4.86. The number of benzene rings is 2. The Morgan fingerprint density at radius 1 is 1.20 bits per heavy atom. The Balaban J connectivity index is 1.88. The Kier molecular flexibility index (Phi) is 3.53. The summed E-state index contributed by atoms with van der Waals surface area (Å²) in [6.45, 7) is 2.19. The first-order valence-corrected chi connectivity index (χ1v) is 8.17. The van der Waals surface area contributed by atoms with Crippen molar-refractivity contribution in [3.63, 3.8) is 0 Å². The summed E-state index contributed by atoms with van der Waals surface area (Å²) in [4.78, 5) is 28.0. The van der Waals surface area contributed by atoms with Gasteiger partial charge in [0.1, 0.15) is 0 Å². The van der Waals surface area contributed by atoms with Crippen LogP contribution in [0, 0.1) is 10.1 Å². The maximum atomic E-state index is 12.2. The highest BCUT2D eigenvalue weighted by molar-refractivity contribution is 5.86. The second kappa shape index (κ2) is 5.73. The fraction of sp³-hybridized carbons (Fsp3) is 0.211. The molecule has 126 valence electrons. The molecule has 1 amide bonds. The first kappa shape index (κ1) is 15.4. The van der Waals surface area contributed by atoms with Gasteiger partial charge >= 0.3 is 0 Å². The minimum atomic E-state index is -0.415. The number of non-ortho nitro benzene ring substituents is 1. The lowest BCUT2D eigenvalue weighted by Crippen LogP contribution is -2.39. The highest BCUT2D eigenvalue weighted by Crippen LogP contribution is 2.38. The normalized spacial score (nSPS) is 16.7. The fourth-order valence-corrected chi connectivity index (χ4v) is 3.71. The first-order chi connectivity index (χ1) is 12.1. The minimum Gasteiger partial charge on any atom is -0.356 e. The van der Waals surface area contributed by atoms with E-state index < -0.39 is 4.92 Å². The van der Waals surface area contributed by atoms with Crippen LogP contribution < -0.4 is 0 Å². The molecule has 6 heteroatoms. The zero-order chi connectivity index (χ0) is 17.6. The number of carbonyl (C=O) groups is 1. The summed E-state index contributed by atoms with van der Waals surface area (Å²) in [6.07, 6.45) is 0.794. The molecule has 3 aromatic rings. The van der Waals surface area contributed by atoms with Crippen molar-refractivity contribution in [2.45, 2.75) is 19.4 Å². The standard InChI is InChI=1S/C19H17N3O3/c1-12(23)21-11-10-16-15-4-2-3-5-17(15)20-18(16)19(21)13-6-8-14(9-7-13)22(24)25/h2-9,19-20H,10-11H2,1H3. The van der Waals surface area contributed by atoms with Gasteiger partial charge in [-0.2, -0.15) is 0 Å². The van der Waals surface area contributed by atoms with E-state index in [0.29, 0.717) is 6.54 Å². The molecule has 0 saturated carbocycles. The number of rotatable bonds is 2. The van der Waals surface area contributed by atoms with Crippen LogP contribution in [0.5, 0.6) is 0 Å². The average Bonchev–Trinajstić information content (AvgIpc) is 2.99. The zero-order valence-corrected chi connectivity index (χ0v) is 13.7. The number of aromatic amines is 1. The number of H-pyrrole nitrogens is 1. The Bertz CT molecular complexity index is 975. The smallest absolute Gasteiger partial charge is 0.269 e. The van der Waals surface area contributed by atoms with Crippen molar-refractivity contribution in [2.75, 3.05) is 6.54 Å². The number of nitrogens with zero attached hydrogens (tertiary/aromatic N) is 2. The van der Waals surface area contributed by atoms with Crippen molar-refractivity contribution in [2.24, 2.45) is 0 Å². The molecule has 1 aromatic heterocycles. The molecule has 4 rings (SSSR count). The number of fused-ring (bicyclic) bond motifs is 3. The van der Waals surface area contributed by atoms with E-state index in [9.17, 15) is 14.9 Å². The molecule has 1 aliphatic heterocycles. The number of aromatic nitrogens is 1. The molecular formula is C19H17N3O3. The minimum absolute atomic E-state index is 0.00680. The summed E-state index contributed by atoms with van der Waals surface area (Å²) < 4.78 is 0. The average molecular weight is 335 g/mol. The molecule has 25 heavy (non-hydrogen) atoms. The fourth-order valence-electron chi connectivity index (χ4n) is 3.71. The number of para-hydroxylation sites is 1. The van der Waals surface area contributed by atoms with Crippen molar-refractivity contribution in [1.82, 2.24) is 9.88 Å². The Morgan fingerprint density at radius 2 is 1.92 bits per heavy atom. The van der Waals surface area contributed by atoms with Gasteiger partial charge in [0.15, 0.2) is 0 Å². The molecule has 2 aromatic carbocycles. The molecule has 1 N–H and O–H groups in total. The third-order valence-corrected chi connectivity index (χ3v) is 4.86. The van der Waals surface area contributed by atoms with E-state index in [0.717, 1.165) is 23.2 Å². The largest absolute Gasteiger partial charge is 0.356 e. The van der Waals surface area contributed by atoms with Crippen molar-refractivity contribution in [3.8, 4) is 0 Å². The molecule has 0 spiro atoms. The number of nitro groups is 1. The molecule has 0 fully saturated rings. The maximum Gasteiger partial charge on any atom is 0.269 e. The van der Waals surface area contributed by atoms with Gasteiger partial charge in [0.2, 0.25) is 5.91 Å². The van der Waals surface area contributed by atoms with E-state index in [1.54, 1.807) is 19.1 Å². The summed E-state index contributed by atoms with van der Waals surface area (Å²) in [5, 5.41) is 12.1. The van der Waals surface area contributed by atoms with Crippen LogP contribution in [0.4, 0.5) is 5.69 Å². The number of hydrogen-bond acceptors (Lipinski definition) is 3. The highest BCUT2D eigenvalue weighted by atomic mass is 16.6. The van der Waals surface area contributed by atoms with E-state index >= 15 is 0 Å². The van der Waals surface area contributed by atoms with Crippen molar-refractivity contribution >= 4 is 22.5 Å². The van der Waals surface area contributed by atoms with E-state index in [1.807, 2.05) is 23.1 Å². The lowest BCUT2D eigenvalue weighted by Gasteiger charge is -2.35. The van der Waals surface area contributed by atoms with Gasteiger partial charge in [-0.3, -0.25) is 14.9 Å². The predicted octanol–water partition coefficient (Wildman–Crippen LogP) is 3.57. The second-order valence-electron chi connectivity index (χ2n) is 6.28. The zero-order valence-electron chi connectivity index (χ0n) is 13.7. The SMILES string of the molecule is CC(=O)N1CCc2c([nH]c3ccccc23)C1c1ccc([N+](=O)[O-])cc1. The number of nitrogens with one attached hydrogen (secondary N) is 1. The molecule has 1 atom stereocenters. The molecule has 6 nitrogen and oxygen atoms in total. The molecule has 1 aliphatic rings. The molecule has 0 saturated heterocycles. The monoisotopic (exact) mass is 335 g/mol. The van der Waals surface area contributed by atoms with Gasteiger partial charge in [0.05, 0.1) is 11.0 Å². The maximum absolute atomic E-state index is 12.2. The lowest BCUT2D eigenvalue weighted by atomic mass is 9.92. The van der Waals surface area contributed by atoms with Gasteiger partial charge < -0.3 is 9.88 Å². The second-order valence-corrected chi connectivity index (χ2v) is 6.28. The van der Waals surface area contributed by atoms with Crippen molar-refractivity contribution in [1.29, 1.82) is 0 Å². The summed E-state index contributed by atoms with van der Waals surface area (Å²) >= 11 is 0. The van der Waals surface area contributed by atoms with Crippen LogP contribution in [-0.2, 0) is 11.2 Å². The Hall–Kier alpha value is -3.15. The van der Waals surface area contributed by atoms with E-state index in [4.69, 9.17) is 0 Å². The van der Waals surface area contributed by atoms with Crippen molar-refractivity contribution in [3.05, 3.63) is 75.5 Å². The van der Waals surface area contributed by atoms with E-state index in [-0.39, 0.29) is 17.6 Å². The van der Waals surface area contributed by atoms with Crippen LogP contribution in [0.15, 0.2) is 48.5 Å². The van der Waals surface area contributed by atoms with E-state index in [1.165, 1.54) is 23.1 Å². The van der Waals surface area contributed by atoms with Crippen LogP contribution in [-0.4, -0.2) is 27.3 Å². The number of nitro benzene ring substituents is 1. The van der Waals surface area contributed by atoms with Crippen LogP contribution in [0.3, 0.4) is 0 Å². The van der Waals surface area contributed by atoms with E-state index in [2.05, 4.69) is 11.1 Å². The predicted molar refractivity (Wildman–Crippen MR) is 94.3 cm³/mol. The van der Waals surface area contributed by atoms with Gasteiger partial charge in [-0.05, 0) is 35.7 Å². The topological polar surface area (TPSA) is 79.2 Å². The van der Waals surface area contributed by atoms with Gasteiger partial charge in [0, 0.05) is 42.2 Å². The molecule has 0 bridgehead atoms. The quantitative estimate of drug-likeness (QED) is 0.574. The molecule has 2 heterocycles.